The van der Waals surface area contributed by atoms with Gasteiger partial charge in [-0.05, 0) is 54.7 Å². The predicted molar refractivity (Wildman–Crippen MR) is 80.3 cm³/mol. The van der Waals surface area contributed by atoms with Gasteiger partial charge in [0.05, 0.1) is 18.3 Å². The zero-order valence-corrected chi connectivity index (χ0v) is 12.5. The standard InChI is InChI=1S/C18H24O3/c19-17(15-5-4-13-2-1-3-14(13)10-15)16-6-8-21-18(11-16)7-9-20-12-18/h4-5,10,16-17,19H,1-3,6-9,11-12H2. The molecule has 4 rings (SSSR count). The molecule has 3 heteroatoms. The molecule has 0 saturated carbocycles. The first-order valence-corrected chi connectivity index (χ1v) is 8.27. The molecule has 1 aromatic carbocycles. The van der Waals surface area contributed by atoms with Gasteiger partial charge in [-0.2, -0.15) is 0 Å². The molecule has 1 aromatic rings. The largest absolute Gasteiger partial charge is 0.388 e. The van der Waals surface area contributed by atoms with Crippen molar-refractivity contribution in [3.63, 3.8) is 0 Å². The number of aryl methyl sites for hydroxylation is 2. The van der Waals surface area contributed by atoms with Gasteiger partial charge in [-0.1, -0.05) is 18.2 Å². The van der Waals surface area contributed by atoms with Crippen LogP contribution in [-0.2, 0) is 22.3 Å². The Morgan fingerprint density at radius 3 is 2.95 bits per heavy atom. The molecule has 2 saturated heterocycles. The van der Waals surface area contributed by atoms with Gasteiger partial charge in [0.2, 0.25) is 0 Å². The third-order valence-electron chi connectivity index (χ3n) is 5.51. The molecule has 2 aliphatic heterocycles. The van der Waals surface area contributed by atoms with Crippen LogP contribution in [0.15, 0.2) is 18.2 Å². The van der Waals surface area contributed by atoms with Crippen molar-refractivity contribution in [3.8, 4) is 0 Å². The van der Waals surface area contributed by atoms with Crippen LogP contribution in [0, 0.1) is 5.92 Å². The highest BCUT2D eigenvalue weighted by molar-refractivity contribution is 5.36. The van der Waals surface area contributed by atoms with Crippen LogP contribution in [0.2, 0.25) is 0 Å². The van der Waals surface area contributed by atoms with Crippen LogP contribution in [0.4, 0.5) is 0 Å². The van der Waals surface area contributed by atoms with Gasteiger partial charge in [0, 0.05) is 19.6 Å². The molecule has 0 radical (unpaired) electrons. The van der Waals surface area contributed by atoms with Gasteiger partial charge in [-0.25, -0.2) is 0 Å². The summed E-state index contributed by atoms with van der Waals surface area (Å²) in [5.41, 5.74) is 3.88. The molecule has 2 fully saturated rings. The molecule has 3 atom stereocenters. The Kier molecular flexibility index (Phi) is 3.52. The van der Waals surface area contributed by atoms with E-state index in [1.54, 1.807) is 0 Å². The van der Waals surface area contributed by atoms with Gasteiger partial charge < -0.3 is 14.6 Å². The molecule has 0 bridgehead atoms. The van der Waals surface area contributed by atoms with Crippen LogP contribution >= 0.6 is 0 Å². The summed E-state index contributed by atoms with van der Waals surface area (Å²) in [6.07, 6.45) is 6.10. The Morgan fingerprint density at radius 2 is 2.10 bits per heavy atom. The summed E-state index contributed by atoms with van der Waals surface area (Å²) in [5, 5.41) is 10.8. The topological polar surface area (TPSA) is 38.7 Å². The molecule has 1 spiro atoms. The summed E-state index contributed by atoms with van der Waals surface area (Å²) in [6.45, 7) is 2.23. The van der Waals surface area contributed by atoms with E-state index in [1.165, 1.54) is 30.4 Å². The summed E-state index contributed by atoms with van der Waals surface area (Å²) in [5.74, 6) is 0.292. The third kappa shape index (κ3) is 2.52. The monoisotopic (exact) mass is 288 g/mol. The van der Waals surface area contributed by atoms with E-state index in [0.717, 1.165) is 38.0 Å². The van der Waals surface area contributed by atoms with Crippen molar-refractivity contribution in [2.45, 2.75) is 50.2 Å². The molecule has 114 valence electrons. The second kappa shape index (κ2) is 5.38. The van der Waals surface area contributed by atoms with Gasteiger partial charge in [-0.15, -0.1) is 0 Å². The first-order chi connectivity index (χ1) is 10.3. The van der Waals surface area contributed by atoms with Crippen LogP contribution in [-0.4, -0.2) is 30.5 Å². The summed E-state index contributed by atoms with van der Waals surface area (Å²) < 4.78 is 11.5. The normalized spacial score (nSPS) is 33.3. The molecule has 0 amide bonds. The molecular formula is C18H24O3. The number of aliphatic hydroxyl groups is 1. The third-order valence-corrected chi connectivity index (χ3v) is 5.51. The van der Waals surface area contributed by atoms with Gasteiger partial charge in [0.15, 0.2) is 0 Å². The molecule has 1 N–H and O–H groups in total. The molecule has 21 heavy (non-hydrogen) atoms. The van der Waals surface area contributed by atoms with E-state index in [9.17, 15) is 5.11 Å². The van der Waals surface area contributed by atoms with Crippen molar-refractivity contribution >= 4 is 0 Å². The zero-order valence-electron chi connectivity index (χ0n) is 12.5. The fraction of sp³-hybridized carbons (Fsp3) is 0.667. The van der Waals surface area contributed by atoms with E-state index >= 15 is 0 Å². The van der Waals surface area contributed by atoms with Crippen LogP contribution < -0.4 is 0 Å². The minimum absolute atomic E-state index is 0.124. The second-order valence-electron chi connectivity index (χ2n) is 6.91. The van der Waals surface area contributed by atoms with E-state index in [0.29, 0.717) is 12.5 Å². The van der Waals surface area contributed by atoms with Crippen LogP contribution in [0.3, 0.4) is 0 Å². The Labute approximate surface area is 126 Å². The highest BCUT2D eigenvalue weighted by atomic mass is 16.6. The number of ether oxygens (including phenoxy) is 2. The summed E-state index contributed by atoms with van der Waals surface area (Å²) in [4.78, 5) is 0. The van der Waals surface area contributed by atoms with Gasteiger partial charge in [0.25, 0.3) is 0 Å². The van der Waals surface area contributed by atoms with Crippen LogP contribution in [0.5, 0.6) is 0 Å². The lowest BCUT2D eigenvalue weighted by Gasteiger charge is -2.39. The van der Waals surface area contributed by atoms with Gasteiger partial charge in [-0.3, -0.25) is 0 Å². The molecule has 3 nitrogen and oxygen atoms in total. The Morgan fingerprint density at radius 1 is 1.19 bits per heavy atom. The maximum absolute atomic E-state index is 10.8. The van der Waals surface area contributed by atoms with E-state index in [1.807, 2.05) is 0 Å². The number of rotatable bonds is 2. The molecule has 1 aliphatic carbocycles. The molecule has 2 heterocycles. The van der Waals surface area contributed by atoms with Crippen molar-refractivity contribution in [1.29, 1.82) is 0 Å². The molecule has 3 unspecified atom stereocenters. The van der Waals surface area contributed by atoms with E-state index < -0.39 is 0 Å². The lowest BCUT2D eigenvalue weighted by atomic mass is 9.80. The highest BCUT2D eigenvalue weighted by Gasteiger charge is 2.43. The first kappa shape index (κ1) is 13.7. The Bertz CT molecular complexity index is 519. The van der Waals surface area contributed by atoms with Crippen molar-refractivity contribution in [2.75, 3.05) is 19.8 Å². The Balaban J connectivity index is 1.52. The fourth-order valence-corrected chi connectivity index (χ4v) is 4.25. The van der Waals surface area contributed by atoms with E-state index in [4.69, 9.17) is 9.47 Å². The zero-order chi connectivity index (χ0) is 14.3. The predicted octanol–water partition coefficient (Wildman–Crippen LogP) is 2.79. The lowest BCUT2D eigenvalue weighted by molar-refractivity contribution is -0.117. The molecule has 0 aromatic heterocycles. The van der Waals surface area contributed by atoms with Gasteiger partial charge in [0.1, 0.15) is 0 Å². The minimum atomic E-state index is -0.364. The number of hydrogen-bond acceptors (Lipinski definition) is 3. The van der Waals surface area contributed by atoms with Crippen molar-refractivity contribution in [3.05, 3.63) is 34.9 Å². The fourth-order valence-electron chi connectivity index (χ4n) is 4.25. The average molecular weight is 288 g/mol. The van der Waals surface area contributed by atoms with E-state index in [2.05, 4.69) is 18.2 Å². The second-order valence-corrected chi connectivity index (χ2v) is 6.91. The molecular weight excluding hydrogens is 264 g/mol. The van der Waals surface area contributed by atoms with E-state index in [-0.39, 0.29) is 11.7 Å². The number of aliphatic hydroxyl groups excluding tert-OH is 1. The summed E-state index contributed by atoms with van der Waals surface area (Å²) >= 11 is 0. The highest BCUT2D eigenvalue weighted by Crippen LogP contribution is 2.41. The quantitative estimate of drug-likeness (QED) is 0.909. The lowest BCUT2D eigenvalue weighted by Crippen LogP contribution is -2.41. The van der Waals surface area contributed by atoms with Crippen LogP contribution in [0.25, 0.3) is 0 Å². The number of fused-ring (bicyclic) bond motifs is 1. The maximum atomic E-state index is 10.8. The number of hydrogen-bond donors (Lipinski definition) is 1. The summed E-state index contributed by atoms with van der Waals surface area (Å²) in [7, 11) is 0. The number of benzene rings is 1. The smallest absolute Gasteiger partial charge is 0.0940 e. The van der Waals surface area contributed by atoms with Crippen molar-refractivity contribution < 1.29 is 14.6 Å². The van der Waals surface area contributed by atoms with Gasteiger partial charge >= 0.3 is 0 Å². The SMILES string of the molecule is OC(c1ccc2c(c1)CCC2)C1CCOC2(CCOC2)C1. The van der Waals surface area contributed by atoms with Crippen molar-refractivity contribution in [1.82, 2.24) is 0 Å². The summed E-state index contributed by atoms with van der Waals surface area (Å²) in [6, 6.07) is 6.58. The maximum Gasteiger partial charge on any atom is 0.0940 e. The first-order valence-electron chi connectivity index (χ1n) is 8.27. The minimum Gasteiger partial charge on any atom is -0.388 e. The van der Waals surface area contributed by atoms with Crippen molar-refractivity contribution in [2.24, 2.45) is 5.92 Å². The molecule has 3 aliphatic rings. The Hall–Kier alpha value is -0.900. The average Bonchev–Trinajstić information content (AvgIpc) is 3.15. The van der Waals surface area contributed by atoms with Crippen LogP contribution in [0.1, 0.15) is 48.5 Å².